The van der Waals surface area contributed by atoms with E-state index in [0.29, 0.717) is 12.0 Å². The summed E-state index contributed by atoms with van der Waals surface area (Å²) in [5.41, 5.74) is 2.65. The van der Waals surface area contributed by atoms with Crippen molar-refractivity contribution in [1.82, 2.24) is 14.8 Å². The summed E-state index contributed by atoms with van der Waals surface area (Å²) in [4.78, 5) is 21.6. The summed E-state index contributed by atoms with van der Waals surface area (Å²) < 4.78 is 0. The zero-order valence-corrected chi connectivity index (χ0v) is 12.5. The number of urea groups is 1. The van der Waals surface area contributed by atoms with Crippen LogP contribution in [0.2, 0.25) is 0 Å². The molecule has 1 aromatic rings. The van der Waals surface area contributed by atoms with Crippen LogP contribution in [0.25, 0.3) is 0 Å². The van der Waals surface area contributed by atoms with Crippen LogP contribution in [0.1, 0.15) is 49.3 Å². The summed E-state index contributed by atoms with van der Waals surface area (Å²) in [6, 6.07) is 4.88. The molecule has 3 heterocycles. The predicted molar refractivity (Wildman–Crippen MR) is 81.2 cm³/mol. The largest absolute Gasteiger partial charge is 0.325 e. The van der Waals surface area contributed by atoms with Crippen LogP contribution in [-0.2, 0) is 6.42 Å². The van der Waals surface area contributed by atoms with Gasteiger partial charge >= 0.3 is 6.03 Å². The van der Waals surface area contributed by atoms with Gasteiger partial charge in [-0.2, -0.15) is 0 Å². The van der Waals surface area contributed by atoms with Crippen LogP contribution in [0, 0.1) is 0 Å². The van der Waals surface area contributed by atoms with Crippen LogP contribution in [0.4, 0.5) is 4.79 Å². The average molecular weight is 285 g/mol. The van der Waals surface area contributed by atoms with Gasteiger partial charge in [-0.15, -0.1) is 0 Å². The van der Waals surface area contributed by atoms with Gasteiger partial charge in [-0.25, -0.2) is 4.79 Å². The van der Waals surface area contributed by atoms with E-state index in [1.54, 1.807) is 0 Å². The number of carbonyl (C=O) groups is 1. The fourth-order valence-corrected chi connectivity index (χ4v) is 4.26. The fraction of sp³-hybridized carbons (Fsp3) is 0.647. The smallest absolute Gasteiger partial charge is 0.320 e. The number of fused-ring (bicyclic) bond motifs is 4. The van der Waals surface area contributed by atoms with Crippen molar-refractivity contribution in [3.05, 3.63) is 29.6 Å². The van der Waals surface area contributed by atoms with Gasteiger partial charge in [0.05, 0.1) is 0 Å². The van der Waals surface area contributed by atoms with Crippen LogP contribution in [0.5, 0.6) is 0 Å². The summed E-state index contributed by atoms with van der Waals surface area (Å²) in [6.07, 6.45) is 8.67. The van der Waals surface area contributed by atoms with Crippen molar-refractivity contribution >= 4 is 6.03 Å². The van der Waals surface area contributed by atoms with Gasteiger partial charge in [-0.05, 0) is 50.2 Å². The average Bonchev–Trinajstić information content (AvgIpc) is 2.55. The molecular formula is C17H23N3O. The lowest BCUT2D eigenvalue weighted by atomic mass is 9.78. The van der Waals surface area contributed by atoms with E-state index in [1.165, 1.54) is 30.5 Å². The molecule has 2 aliphatic heterocycles. The lowest BCUT2D eigenvalue weighted by molar-refractivity contribution is 0.0979. The third kappa shape index (κ3) is 2.30. The van der Waals surface area contributed by atoms with Crippen LogP contribution in [-0.4, -0.2) is 46.5 Å². The van der Waals surface area contributed by atoms with Gasteiger partial charge in [0.2, 0.25) is 0 Å². The molecule has 4 nitrogen and oxygen atoms in total. The number of amides is 2. The van der Waals surface area contributed by atoms with Gasteiger partial charge < -0.3 is 9.80 Å². The van der Waals surface area contributed by atoms with E-state index in [2.05, 4.69) is 20.9 Å². The molecular weight excluding hydrogens is 262 g/mol. The highest BCUT2D eigenvalue weighted by atomic mass is 16.2. The van der Waals surface area contributed by atoms with Crippen molar-refractivity contribution in [1.29, 1.82) is 0 Å². The maximum atomic E-state index is 12.8. The van der Waals surface area contributed by atoms with Crippen molar-refractivity contribution < 1.29 is 4.79 Å². The molecule has 2 saturated heterocycles. The highest BCUT2D eigenvalue weighted by molar-refractivity contribution is 5.75. The first-order valence-corrected chi connectivity index (χ1v) is 8.32. The summed E-state index contributed by atoms with van der Waals surface area (Å²) in [7, 11) is 0. The second-order valence-corrected chi connectivity index (χ2v) is 6.65. The van der Waals surface area contributed by atoms with E-state index in [9.17, 15) is 4.79 Å². The molecule has 0 aromatic carbocycles. The quantitative estimate of drug-likeness (QED) is 0.735. The number of aromatic nitrogens is 1. The third-order valence-corrected chi connectivity index (χ3v) is 5.36. The van der Waals surface area contributed by atoms with E-state index >= 15 is 0 Å². The number of likely N-dealkylation sites (tertiary alicyclic amines) is 2. The number of piperidine rings is 2. The molecule has 0 N–H and O–H groups in total. The molecule has 2 amide bonds. The highest BCUT2D eigenvalue weighted by Gasteiger charge is 2.39. The molecule has 0 unspecified atom stereocenters. The first-order valence-electron chi connectivity index (χ1n) is 8.32. The topological polar surface area (TPSA) is 36.4 Å². The minimum Gasteiger partial charge on any atom is -0.325 e. The predicted octanol–water partition coefficient (Wildman–Crippen LogP) is 2.79. The zero-order valence-electron chi connectivity index (χ0n) is 12.5. The summed E-state index contributed by atoms with van der Waals surface area (Å²) >= 11 is 0. The fourth-order valence-electron chi connectivity index (χ4n) is 4.26. The van der Waals surface area contributed by atoms with Gasteiger partial charge in [-0.1, -0.05) is 6.07 Å². The van der Waals surface area contributed by atoms with Crippen molar-refractivity contribution in [2.75, 3.05) is 19.6 Å². The molecule has 112 valence electrons. The van der Waals surface area contributed by atoms with Gasteiger partial charge in [0.25, 0.3) is 0 Å². The second-order valence-electron chi connectivity index (χ2n) is 6.65. The van der Waals surface area contributed by atoms with Crippen molar-refractivity contribution in [3.8, 4) is 0 Å². The number of nitrogens with zero attached hydrogens (tertiary/aromatic N) is 3. The van der Waals surface area contributed by atoms with Crippen LogP contribution < -0.4 is 0 Å². The molecule has 2 fully saturated rings. The molecule has 0 spiro atoms. The molecule has 2 bridgehead atoms. The number of hydrogen-bond acceptors (Lipinski definition) is 2. The Kier molecular flexibility index (Phi) is 3.32. The van der Waals surface area contributed by atoms with Crippen LogP contribution in [0.3, 0.4) is 0 Å². The highest BCUT2D eigenvalue weighted by Crippen LogP contribution is 2.39. The SMILES string of the molecule is O=C(N1CCCCC1)N1CC[C@@H]2C[C@@H]1Cc1cccnc12. The number of pyridine rings is 1. The van der Waals surface area contributed by atoms with Gasteiger partial charge in [0.15, 0.2) is 0 Å². The Balaban J connectivity index is 1.53. The Hall–Kier alpha value is -1.58. The standard InChI is InChI=1S/C17H23N3O/c21-17(19-8-2-1-3-9-19)20-10-6-14-12-15(20)11-13-5-4-7-18-16(13)14/h4-5,7,14-15H,1-3,6,8-12H2/t14-,15+/m1/s1. The van der Waals surface area contributed by atoms with Gasteiger partial charge in [0.1, 0.15) is 0 Å². The Morgan fingerprint density at radius 2 is 2.05 bits per heavy atom. The molecule has 0 saturated carbocycles. The Morgan fingerprint density at radius 1 is 1.19 bits per heavy atom. The molecule has 4 heteroatoms. The summed E-state index contributed by atoms with van der Waals surface area (Å²) in [5, 5.41) is 0. The van der Waals surface area contributed by atoms with Crippen LogP contribution in [0.15, 0.2) is 18.3 Å². The van der Waals surface area contributed by atoms with Crippen LogP contribution >= 0.6 is 0 Å². The maximum absolute atomic E-state index is 12.8. The lowest BCUT2D eigenvalue weighted by Gasteiger charge is -2.45. The Labute approximate surface area is 126 Å². The third-order valence-electron chi connectivity index (χ3n) is 5.36. The molecule has 3 aliphatic rings. The zero-order chi connectivity index (χ0) is 14.2. The minimum atomic E-state index is 0.283. The second kappa shape index (κ2) is 5.32. The Bertz CT molecular complexity index is 539. The van der Waals surface area contributed by atoms with Crippen molar-refractivity contribution in [2.45, 2.75) is 50.5 Å². The first-order chi connectivity index (χ1) is 10.3. The molecule has 2 atom stereocenters. The van der Waals surface area contributed by atoms with E-state index in [0.717, 1.165) is 38.9 Å². The molecule has 1 aliphatic carbocycles. The molecule has 4 rings (SSSR count). The lowest BCUT2D eigenvalue weighted by Crippen LogP contribution is -2.54. The number of carbonyl (C=O) groups excluding carboxylic acids is 1. The number of rotatable bonds is 0. The van der Waals surface area contributed by atoms with E-state index in [-0.39, 0.29) is 6.03 Å². The van der Waals surface area contributed by atoms with Crippen molar-refractivity contribution in [2.24, 2.45) is 0 Å². The van der Waals surface area contributed by atoms with Crippen molar-refractivity contribution in [3.63, 3.8) is 0 Å². The van der Waals surface area contributed by atoms with Gasteiger partial charge in [0, 0.05) is 43.5 Å². The molecule has 21 heavy (non-hydrogen) atoms. The summed E-state index contributed by atoms with van der Waals surface area (Å²) in [5.74, 6) is 0.561. The van der Waals surface area contributed by atoms with Gasteiger partial charge in [-0.3, -0.25) is 4.98 Å². The normalized spacial score (nSPS) is 28.2. The maximum Gasteiger partial charge on any atom is 0.320 e. The van der Waals surface area contributed by atoms with E-state index < -0.39 is 0 Å². The first kappa shape index (κ1) is 13.1. The Morgan fingerprint density at radius 3 is 2.90 bits per heavy atom. The molecule has 1 aromatic heterocycles. The monoisotopic (exact) mass is 285 g/mol. The van der Waals surface area contributed by atoms with E-state index in [1.807, 2.05) is 12.3 Å². The number of hydrogen-bond donors (Lipinski definition) is 0. The minimum absolute atomic E-state index is 0.283. The summed E-state index contributed by atoms with van der Waals surface area (Å²) in [6.45, 7) is 2.80. The van der Waals surface area contributed by atoms with E-state index in [4.69, 9.17) is 0 Å². The molecule has 0 radical (unpaired) electrons.